The molecule has 0 bridgehead atoms. The summed E-state index contributed by atoms with van der Waals surface area (Å²) in [6.45, 7) is 5.03. The fourth-order valence-electron chi connectivity index (χ4n) is 4.01. The van der Waals surface area contributed by atoms with E-state index in [1.54, 1.807) is 4.90 Å². The number of H-pyrrole nitrogens is 1. The van der Waals surface area contributed by atoms with Crippen molar-refractivity contribution >= 4 is 28.3 Å². The molecular formula is C24H22FN3O2. The maximum atomic E-state index is 13.3. The molecule has 0 aliphatic carbocycles. The average molecular weight is 403 g/mol. The van der Waals surface area contributed by atoms with Crippen LogP contribution >= 0.6 is 0 Å². The predicted octanol–water partition coefficient (Wildman–Crippen LogP) is 4.55. The summed E-state index contributed by atoms with van der Waals surface area (Å²) >= 11 is 0. The minimum Gasteiger partial charge on any atom is -0.475 e. The van der Waals surface area contributed by atoms with E-state index in [0.29, 0.717) is 31.0 Å². The smallest absolute Gasteiger partial charge is 0.257 e. The number of aliphatic imine (C=N–C) groups is 1. The summed E-state index contributed by atoms with van der Waals surface area (Å²) in [7, 11) is 0. The van der Waals surface area contributed by atoms with Gasteiger partial charge in [0.25, 0.3) is 5.91 Å². The lowest BCUT2D eigenvalue weighted by Crippen LogP contribution is -2.27. The highest BCUT2D eigenvalue weighted by molar-refractivity contribution is 6.21. The maximum absolute atomic E-state index is 13.3. The third kappa shape index (κ3) is 3.18. The summed E-state index contributed by atoms with van der Waals surface area (Å²) in [5.74, 6) is -0.0116. The second kappa shape index (κ2) is 6.83. The van der Waals surface area contributed by atoms with Crippen molar-refractivity contribution in [1.82, 2.24) is 9.88 Å². The van der Waals surface area contributed by atoms with Crippen molar-refractivity contribution in [2.45, 2.75) is 25.8 Å². The molecule has 2 aromatic carbocycles. The third-order valence-electron chi connectivity index (χ3n) is 5.52. The van der Waals surface area contributed by atoms with Crippen LogP contribution in [0.1, 0.15) is 35.5 Å². The molecule has 0 atom stereocenters. The van der Waals surface area contributed by atoms with Crippen LogP contribution < -0.4 is 0 Å². The molecule has 2 aliphatic rings. The van der Waals surface area contributed by atoms with Gasteiger partial charge >= 0.3 is 0 Å². The molecule has 3 heterocycles. The summed E-state index contributed by atoms with van der Waals surface area (Å²) in [6, 6.07) is 13.8. The molecule has 0 saturated heterocycles. The standard InChI is InChI=1S/C24H22FN3O2/c1-24(2)14-30-22(27-24)19-13-28(23(29)15-7-9-16(25)10-8-15)12-11-18-17-5-3-4-6-20(17)26-21(18)19/h3-10,13,26H,11-12,14H2,1-2H3. The van der Waals surface area contributed by atoms with E-state index in [1.807, 2.05) is 38.2 Å². The number of fused-ring (bicyclic) bond motifs is 3. The Kier molecular flexibility index (Phi) is 4.24. The second-order valence-electron chi connectivity index (χ2n) is 8.34. The van der Waals surface area contributed by atoms with Crippen LogP contribution in [0.4, 0.5) is 4.39 Å². The fourth-order valence-corrected chi connectivity index (χ4v) is 4.01. The molecule has 0 saturated carbocycles. The van der Waals surface area contributed by atoms with Gasteiger partial charge in [-0.05, 0) is 56.2 Å². The number of aromatic nitrogens is 1. The number of amides is 1. The average Bonchev–Trinajstić information content (AvgIpc) is 3.22. The van der Waals surface area contributed by atoms with Crippen molar-refractivity contribution in [3.63, 3.8) is 0 Å². The number of ether oxygens (including phenoxy) is 1. The zero-order valence-corrected chi connectivity index (χ0v) is 16.9. The third-order valence-corrected chi connectivity index (χ3v) is 5.52. The molecule has 2 aliphatic heterocycles. The number of nitrogens with one attached hydrogen (secondary N) is 1. The first-order valence-electron chi connectivity index (χ1n) is 10.0. The van der Waals surface area contributed by atoms with E-state index < -0.39 is 0 Å². The van der Waals surface area contributed by atoms with Crippen LogP contribution in [-0.2, 0) is 11.2 Å². The molecule has 0 unspecified atom stereocenters. The van der Waals surface area contributed by atoms with Gasteiger partial charge in [0.1, 0.15) is 12.4 Å². The van der Waals surface area contributed by atoms with Gasteiger partial charge in [-0.3, -0.25) is 4.79 Å². The number of hydrogen-bond donors (Lipinski definition) is 1. The van der Waals surface area contributed by atoms with E-state index in [2.05, 4.69) is 11.1 Å². The van der Waals surface area contributed by atoms with Gasteiger partial charge in [-0.2, -0.15) is 0 Å². The summed E-state index contributed by atoms with van der Waals surface area (Å²) < 4.78 is 19.2. The van der Waals surface area contributed by atoms with E-state index in [0.717, 1.165) is 27.7 Å². The van der Waals surface area contributed by atoms with Crippen LogP contribution in [0.2, 0.25) is 0 Å². The summed E-state index contributed by atoms with van der Waals surface area (Å²) in [5, 5.41) is 1.13. The van der Waals surface area contributed by atoms with Crippen LogP contribution in [0, 0.1) is 5.82 Å². The van der Waals surface area contributed by atoms with Crippen LogP contribution in [0.15, 0.2) is 59.7 Å². The number of benzene rings is 2. The number of hydrogen-bond acceptors (Lipinski definition) is 3. The van der Waals surface area contributed by atoms with Gasteiger partial charge in [-0.25, -0.2) is 9.38 Å². The zero-order valence-electron chi connectivity index (χ0n) is 16.9. The molecule has 1 N–H and O–H groups in total. The highest BCUT2D eigenvalue weighted by Gasteiger charge is 2.32. The minimum absolute atomic E-state index is 0.181. The van der Waals surface area contributed by atoms with Crippen molar-refractivity contribution in [2.75, 3.05) is 13.2 Å². The number of rotatable bonds is 2. The van der Waals surface area contributed by atoms with Gasteiger partial charge in [0.05, 0.1) is 16.8 Å². The lowest BCUT2D eigenvalue weighted by atomic mass is 10.0. The van der Waals surface area contributed by atoms with E-state index in [4.69, 9.17) is 9.73 Å². The molecular weight excluding hydrogens is 381 g/mol. The highest BCUT2D eigenvalue weighted by Crippen LogP contribution is 2.34. The summed E-state index contributed by atoms with van der Waals surface area (Å²) in [6.07, 6.45) is 2.50. The normalized spacial score (nSPS) is 17.8. The van der Waals surface area contributed by atoms with Crippen molar-refractivity contribution < 1.29 is 13.9 Å². The summed E-state index contributed by atoms with van der Waals surface area (Å²) in [5.41, 5.74) is 4.01. The molecule has 1 aromatic heterocycles. The van der Waals surface area contributed by atoms with E-state index in [-0.39, 0.29) is 17.3 Å². The van der Waals surface area contributed by atoms with Gasteiger partial charge < -0.3 is 14.6 Å². The molecule has 3 aromatic rings. The number of nitrogens with zero attached hydrogens (tertiary/aromatic N) is 2. The van der Waals surface area contributed by atoms with Gasteiger partial charge in [-0.15, -0.1) is 0 Å². The van der Waals surface area contributed by atoms with Crippen LogP contribution in [-0.4, -0.2) is 40.4 Å². The number of aromatic amines is 1. The molecule has 30 heavy (non-hydrogen) atoms. The fraction of sp³-hybridized carbons (Fsp3) is 0.250. The van der Waals surface area contributed by atoms with Crippen molar-refractivity contribution in [3.05, 3.63) is 77.4 Å². The highest BCUT2D eigenvalue weighted by atomic mass is 19.1. The largest absolute Gasteiger partial charge is 0.475 e. The molecule has 0 radical (unpaired) electrons. The van der Waals surface area contributed by atoms with Gasteiger partial charge in [0, 0.05) is 29.2 Å². The maximum Gasteiger partial charge on any atom is 0.257 e. The Morgan fingerprint density at radius 3 is 2.67 bits per heavy atom. The quantitative estimate of drug-likeness (QED) is 0.682. The second-order valence-corrected chi connectivity index (χ2v) is 8.34. The van der Waals surface area contributed by atoms with E-state index >= 15 is 0 Å². The van der Waals surface area contributed by atoms with E-state index in [9.17, 15) is 9.18 Å². The van der Waals surface area contributed by atoms with Gasteiger partial charge in [0.2, 0.25) is 5.90 Å². The first kappa shape index (κ1) is 18.6. The first-order valence-corrected chi connectivity index (χ1v) is 10.0. The zero-order chi connectivity index (χ0) is 20.9. The van der Waals surface area contributed by atoms with Gasteiger partial charge in [0.15, 0.2) is 0 Å². The van der Waals surface area contributed by atoms with E-state index in [1.165, 1.54) is 24.3 Å². The van der Waals surface area contributed by atoms with Crippen LogP contribution in [0.5, 0.6) is 0 Å². The topological polar surface area (TPSA) is 57.7 Å². The molecule has 1 amide bonds. The van der Waals surface area contributed by atoms with Crippen molar-refractivity contribution in [1.29, 1.82) is 0 Å². The molecule has 0 fully saturated rings. The lowest BCUT2D eigenvalue weighted by molar-refractivity contribution is 0.0825. The Labute approximate surface area is 173 Å². The number of halogens is 1. The van der Waals surface area contributed by atoms with Crippen LogP contribution in [0.25, 0.3) is 16.5 Å². The monoisotopic (exact) mass is 403 g/mol. The summed E-state index contributed by atoms with van der Waals surface area (Å²) in [4.78, 5) is 23.1. The Morgan fingerprint density at radius 2 is 1.93 bits per heavy atom. The molecule has 5 nitrogen and oxygen atoms in total. The Morgan fingerprint density at radius 1 is 1.17 bits per heavy atom. The predicted molar refractivity (Wildman–Crippen MR) is 115 cm³/mol. The first-order chi connectivity index (χ1) is 14.4. The number of para-hydroxylation sites is 1. The Hall–Kier alpha value is -3.41. The molecule has 0 spiro atoms. The van der Waals surface area contributed by atoms with Crippen LogP contribution in [0.3, 0.4) is 0 Å². The van der Waals surface area contributed by atoms with Crippen molar-refractivity contribution in [2.24, 2.45) is 4.99 Å². The molecule has 6 heteroatoms. The molecule has 152 valence electrons. The minimum atomic E-state index is -0.365. The Balaban J connectivity index is 1.63. The number of carbonyl (C=O) groups excluding carboxylic acids is 1. The Bertz CT molecular complexity index is 1200. The number of carbonyl (C=O) groups is 1. The lowest BCUT2D eigenvalue weighted by Gasteiger charge is -2.18. The van der Waals surface area contributed by atoms with Gasteiger partial charge in [-0.1, -0.05) is 18.2 Å². The molecule has 5 rings (SSSR count). The SMILES string of the molecule is CC1(C)COC(C2=CN(C(=O)c3ccc(F)cc3)CCc3c2[nH]c2ccccc32)=N1. The van der Waals surface area contributed by atoms with Crippen molar-refractivity contribution in [3.8, 4) is 0 Å².